The van der Waals surface area contributed by atoms with Crippen LogP contribution >= 0.6 is 15.9 Å². The van der Waals surface area contributed by atoms with Gasteiger partial charge >= 0.3 is 0 Å². The quantitative estimate of drug-likeness (QED) is 0.672. The molecule has 1 heterocycles. The number of H-pyrrole nitrogens is 1. The Morgan fingerprint density at radius 2 is 2.04 bits per heavy atom. The van der Waals surface area contributed by atoms with Gasteiger partial charge in [-0.15, -0.1) is 0 Å². The van der Waals surface area contributed by atoms with Crippen LogP contribution in [0.15, 0.2) is 46.9 Å². The average Bonchev–Trinajstić information content (AvgIpc) is 3.00. The van der Waals surface area contributed by atoms with Crippen LogP contribution in [0.2, 0.25) is 0 Å². The number of nitrogens with one attached hydrogen (secondary N) is 2. The Labute approximate surface area is 154 Å². The van der Waals surface area contributed by atoms with E-state index in [0.717, 1.165) is 46.1 Å². The summed E-state index contributed by atoms with van der Waals surface area (Å²) in [4.78, 5) is 16.2. The minimum atomic E-state index is -0.0126. The Balaban J connectivity index is 1.57. The number of rotatable bonds is 3. The maximum absolute atomic E-state index is 12.7. The molecule has 1 atom stereocenters. The summed E-state index contributed by atoms with van der Waals surface area (Å²) in [6.45, 7) is 0. The number of anilines is 1. The van der Waals surface area contributed by atoms with Crippen molar-refractivity contribution in [3.63, 3.8) is 0 Å². The number of fused-ring (bicyclic) bond motifs is 3. The first-order valence-corrected chi connectivity index (χ1v) is 9.17. The van der Waals surface area contributed by atoms with Crippen molar-refractivity contribution in [2.24, 2.45) is 5.92 Å². The molecule has 25 heavy (non-hydrogen) atoms. The van der Waals surface area contributed by atoms with Gasteiger partial charge in [-0.2, -0.15) is 0 Å². The Morgan fingerprint density at radius 3 is 2.80 bits per heavy atom. The molecule has 1 aromatic heterocycles. The van der Waals surface area contributed by atoms with Crippen molar-refractivity contribution >= 4 is 38.4 Å². The zero-order chi connectivity index (χ0) is 17.4. The summed E-state index contributed by atoms with van der Waals surface area (Å²) >= 11 is 3.41. The molecule has 2 N–H and O–H groups in total. The molecule has 2 aromatic carbocycles. The summed E-state index contributed by atoms with van der Waals surface area (Å²) in [6.07, 6.45) is 2.51. The monoisotopic (exact) mass is 398 g/mol. The molecule has 5 heteroatoms. The molecule has 3 aromatic rings. The molecule has 0 radical (unpaired) electrons. The molecule has 4 nitrogen and oxygen atoms in total. The zero-order valence-electron chi connectivity index (χ0n) is 13.9. The maximum atomic E-state index is 12.7. The van der Waals surface area contributed by atoms with Crippen LogP contribution in [0, 0.1) is 5.92 Å². The van der Waals surface area contributed by atoms with E-state index >= 15 is 0 Å². The summed E-state index contributed by atoms with van der Waals surface area (Å²) < 4.78 is 6.35. The van der Waals surface area contributed by atoms with Crippen LogP contribution in [-0.2, 0) is 17.6 Å². The standard InChI is InChI=1S/C20H19BrN2O2/c1-25-15-7-9-19-17(11-15)16-10-12(2-8-18(16)23-19)20(24)22-14-5-3-13(21)4-6-14/h3-7,9,11-12,23H,2,8,10H2,1H3,(H,22,24). The third kappa shape index (κ3) is 3.16. The number of carbonyl (C=O) groups excluding carboxylic acids is 1. The lowest BCUT2D eigenvalue weighted by Gasteiger charge is -2.22. The highest BCUT2D eigenvalue weighted by Gasteiger charge is 2.27. The Morgan fingerprint density at radius 1 is 1.24 bits per heavy atom. The van der Waals surface area contributed by atoms with Gasteiger partial charge in [0.05, 0.1) is 7.11 Å². The van der Waals surface area contributed by atoms with Gasteiger partial charge in [0.25, 0.3) is 0 Å². The Bertz CT molecular complexity index is 931. The van der Waals surface area contributed by atoms with E-state index in [-0.39, 0.29) is 11.8 Å². The fourth-order valence-electron chi connectivity index (χ4n) is 3.52. The number of halogens is 1. The molecular weight excluding hydrogens is 380 g/mol. The highest BCUT2D eigenvalue weighted by Crippen LogP contribution is 2.34. The number of benzene rings is 2. The van der Waals surface area contributed by atoms with Gasteiger partial charge in [0.1, 0.15) is 5.75 Å². The molecule has 0 fully saturated rings. The van der Waals surface area contributed by atoms with E-state index in [9.17, 15) is 4.79 Å². The number of aromatic nitrogens is 1. The number of ether oxygens (including phenoxy) is 1. The van der Waals surface area contributed by atoms with Gasteiger partial charge in [0.15, 0.2) is 0 Å². The van der Waals surface area contributed by atoms with Crippen LogP contribution in [-0.4, -0.2) is 18.0 Å². The minimum absolute atomic E-state index is 0.0126. The van der Waals surface area contributed by atoms with Gasteiger partial charge in [-0.3, -0.25) is 4.79 Å². The lowest BCUT2D eigenvalue weighted by Crippen LogP contribution is -2.28. The first kappa shape index (κ1) is 16.2. The number of aryl methyl sites for hydroxylation is 1. The summed E-state index contributed by atoms with van der Waals surface area (Å²) in [5.74, 6) is 0.919. The highest BCUT2D eigenvalue weighted by atomic mass is 79.9. The molecule has 0 spiro atoms. The SMILES string of the molecule is COc1ccc2[nH]c3c(c2c1)CC(C(=O)Nc1ccc(Br)cc1)CC3. The van der Waals surface area contributed by atoms with E-state index < -0.39 is 0 Å². The third-order valence-corrected chi connectivity index (χ3v) is 5.41. The largest absolute Gasteiger partial charge is 0.497 e. The van der Waals surface area contributed by atoms with E-state index in [2.05, 4.69) is 32.3 Å². The van der Waals surface area contributed by atoms with E-state index in [1.807, 2.05) is 36.4 Å². The van der Waals surface area contributed by atoms with Gasteiger partial charge in [-0.25, -0.2) is 0 Å². The number of aromatic amines is 1. The second-order valence-corrected chi connectivity index (χ2v) is 7.35. The second kappa shape index (κ2) is 6.56. The van der Waals surface area contributed by atoms with Crippen LogP contribution in [0.4, 0.5) is 5.69 Å². The lowest BCUT2D eigenvalue weighted by molar-refractivity contribution is -0.120. The predicted molar refractivity (Wildman–Crippen MR) is 103 cm³/mol. The van der Waals surface area contributed by atoms with Crippen molar-refractivity contribution in [3.8, 4) is 5.75 Å². The predicted octanol–water partition coefficient (Wildman–Crippen LogP) is 4.68. The second-order valence-electron chi connectivity index (χ2n) is 6.43. The number of hydrogen-bond donors (Lipinski definition) is 2. The number of hydrogen-bond acceptors (Lipinski definition) is 2. The van der Waals surface area contributed by atoms with Crippen LogP contribution in [0.5, 0.6) is 5.75 Å². The molecule has 4 rings (SSSR count). The molecule has 128 valence electrons. The van der Waals surface area contributed by atoms with Crippen molar-refractivity contribution in [2.45, 2.75) is 19.3 Å². The van der Waals surface area contributed by atoms with Crippen LogP contribution in [0.3, 0.4) is 0 Å². The van der Waals surface area contributed by atoms with Gasteiger partial charge in [0, 0.05) is 32.7 Å². The normalized spacial score (nSPS) is 16.5. The number of amides is 1. The summed E-state index contributed by atoms with van der Waals surface area (Å²) in [6, 6.07) is 13.7. The first-order valence-electron chi connectivity index (χ1n) is 8.38. The van der Waals surface area contributed by atoms with Crippen LogP contribution in [0.1, 0.15) is 17.7 Å². The minimum Gasteiger partial charge on any atom is -0.497 e. The molecule has 1 unspecified atom stereocenters. The summed E-state index contributed by atoms with van der Waals surface area (Å²) in [7, 11) is 1.68. The molecule has 0 aliphatic heterocycles. The number of carbonyl (C=O) groups is 1. The van der Waals surface area contributed by atoms with E-state index in [0.29, 0.717) is 0 Å². The van der Waals surface area contributed by atoms with Crippen molar-refractivity contribution in [3.05, 3.63) is 58.2 Å². The highest BCUT2D eigenvalue weighted by molar-refractivity contribution is 9.10. The maximum Gasteiger partial charge on any atom is 0.227 e. The summed E-state index contributed by atoms with van der Waals surface area (Å²) in [5, 5.41) is 4.20. The fourth-order valence-corrected chi connectivity index (χ4v) is 3.79. The van der Waals surface area contributed by atoms with Crippen molar-refractivity contribution in [2.75, 3.05) is 12.4 Å². The summed E-state index contributed by atoms with van der Waals surface area (Å²) in [5.41, 5.74) is 4.44. The molecule has 1 aliphatic carbocycles. The van der Waals surface area contributed by atoms with Gasteiger partial charge in [-0.05, 0) is 67.3 Å². The number of methoxy groups -OCH3 is 1. The zero-order valence-corrected chi connectivity index (χ0v) is 15.5. The average molecular weight is 399 g/mol. The lowest BCUT2D eigenvalue weighted by atomic mass is 9.85. The molecule has 0 bridgehead atoms. The van der Waals surface area contributed by atoms with Crippen LogP contribution in [0.25, 0.3) is 10.9 Å². The van der Waals surface area contributed by atoms with E-state index in [4.69, 9.17) is 4.74 Å². The van der Waals surface area contributed by atoms with E-state index in [1.54, 1.807) is 7.11 Å². The smallest absolute Gasteiger partial charge is 0.227 e. The molecule has 1 amide bonds. The van der Waals surface area contributed by atoms with Gasteiger partial charge in [0.2, 0.25) is 5.91 Å². The van der Waals surface area contributed by atoms with Gasteiger partial charge < -0.3 is 15.0 Å². The molecule has 1 aliphatic rings. The van der Waals surface area contributed by atoms with Gasteiger partial charge in [-0.1, -0.05) is 15.9 Å². The Hall–Kier alpha value is -2.27. The molecule has 0 saturated carbocycles. The third-order valence-electron chi connectivity index (χ3n) is 4.88. The van der Waals surface area contributed by atoms with Crippen molar-refractivity contribution in [1.82, 2.24) is 4.98 Å². The van der Waals surface area contributed by atoms with Crippen LogP contribution < -0.4 is 10.1 Å². The topological polar surface area (TPSA) is 54.1 Å². The van der Waals surface area contributed by atoms with Crippen molar-refractivity contribution in [1.29, 1.82) is 0 Å². The first-order chi connectivity index (χ1) is 12.1. The Kier molecular flexibility index (Phi) is 4.25. The molecule has 0 saturated heterocycles. The molecular formula is C20H19BrN2O2. The van der Waals surface area contributed by atoms with Crippen molar-refractivity contribution < 1.29 is 9.53 Å². The fraction of sp³-hybridized carbons (Fsp3) is 0.250. The van der Waals surface area contributed by atoms with E-state index in [1.165, 1.54) is 11.3 Å².